The van der Waals surface area contributed by atoms with Crippen molar-refractivity contribution in [2.75, 3.05) is 7.11 Å². The lowest BCUT2D eigenvalue weighted by Gasteiger charge is -2.73. The third kappa shape index (κ3) is 1.63. The number of benzene rings is 1. The second-order valence-electron chi connectivity index (χ2n) is 8.24. The molecule has 4 aliphatic rings. The summed E-state index contributed by atoms with van der Waals surface area (Å²) in [6.07, 6.45) is 6.88. The fourth-order valence-electron chi connectivity index (χ4n) is 6.07. The number of ether oxygens (including phenoxy) is 1. The normalized spacial score (nSPS) is 37.5. The standard InChI is InChI=1S/C20H25NO2/c1-20-11-17-18(20)16(21(17)19(22)12-5-3-4-6-12)9-13-7-8-14(23-2)10-15(13)20/h7-8,10,12,16-18H,3-6,9,11H2,1-2H3/t16-,17?,18-,20+/m1/s1. The molecule has 5 rings (SSSR count). The quantitative estimate of drug-likeness (QED) is 0.839. The molecule has 23 heavy (non-hydrogen) atoms. The van der Waals surface area contributed by atoms with E-state index in [4.69, 9.17) is 4.74 Å². The molecule has 1 saturated heterocycles. The Kier molecular flexibility index (Phi) is 2.73. The number of hydrogen-bond donors (Lipinski definition) is 0. The summed E-state index contributed by atoms with van der Waals surface area (Å²) in [6.45, 7) is 2.40. The van der Waals surface area contributed by atoms with Gasteiger partial charge in [0, 0.05) is 29.3 Å². The molecule has 4 atom stereocenters. The van der Waals surface area contributed by atoms with E-state index in [-0.39, 0.29) is 5.41 Å². The lowest BCUT2D eigenvalue weighted by Crippen LogP contribution is -2.81. The van der Waals surface area contributed by atoms with Crippen molar-refractivity contribution >= 4 is 5.91 Å². The zero-order valence-corrected chi connectivity index (χ0v) is 14.0. The van der Waals surface area contributed by atoms with Gasteiger partial charge < -0.3 is 9.64 Å². The average Bonchev–Trinajstić information content (AvgIpc) is 3.06. The number of carbonyl (C=O) groups excluding carboxylic acids is 1. The molecule has 0 bridgehead atoms. The minimum atomic E-state index is 0.254. The van der Waals surface area contributed by atoms with Gasteiger partial charge >= 0.3 is 0 Å². The van der Waals surface area contributed by atoms with E-state index in [0.717, 1.165) is 31.4 Å². The molecule has 1 heterocycles. The van der Waals surface area contributed by atoms with Crippen molar-refractivity contribution < 1.29 is 9.53 Å². The highest BCUT2D eigenvalue weighted by molar-refractivity contribution is 5.82. The predicted octanol–water partition coefficient (Wildman–Crippen LogP) is 3.30. The van der Waals surface area contributed by atoms with Crippen LogP contribution < -0.4 is 4.74 Å². The van der Waals surface area contributed by atoms with Crippen molar-refractivity contribution in [1.82, 2.24) is 4.90 Å². The van der Waals surface area contributed by atoms with Crippen LogP contribution in [-0.2, 0) is 16.6 Å². The van der Waals surface area contributed by atoms with Crippen molar-refractivity contribution in [1.29, 1.82) is 0 Å². The van der Waals surface area contributed by atoms with Crippen LogP contribution in [0.4, 0.5) is 0 Å². The Bertz CT molecular complexity index is 678. The maximum absolute atomic E-state index is 12.9. The maximum Gasteiger partial charge on any atom is 0.226 e. The largest absolute Gasteiger partial charge is 0.497 e. The molecule has 1 aliphatic heterocycles. The molecule has 3 heteroatoms. The van der Waals surface area contributed by atoms with Gasteiger partial charge in [-0.25, -0.2) is 0 Å². The second-order valence-corrected chi connectivity index (χ2v) is 8.24. The second kappa shape index (κ2) is 4.52. The van der Waals surface area contributed by atoms with E-state index in [9.17, 15) is 4.79 Å². The number of rotatable bonds is 2. The van der Waals surface area contributed by atoms with Crippen molar-refractivity contribution in [3.8, 4) is 5.75 Å². The first-order valence-electron chi connectivity index (χ1n) is 9.13. The molecule has 3 fully saturated rings. The van der Waals surface area contributed by atoms with Crippen LogP contribution in [0.25, 0.3) is 0 Å². The topological polar surface area (TPSA) is 29.5 Å². The van der Waals surface area contributed by atoms with Gasteiger partial charge in [-0.3, -0.25) is 4.79 Å². The zero-order chi connectivity index (χ0) is 15.8. The molecule has 2 saturated carbocycles. The Balaban J connectivity index is 1.46. The van der Waals surface area contributed by atoms with Crippen LogP contribution in [0.15, 0.2) is 18.2 Å². The number of hydrogen-bond acceptors (Lipinski definition) is 2. The molecule has 0 radical (unpaired) electrons. The van der Waals surface area contributed by atoms with Crippen molar-refractivity contribution in [2.24, 2.45) is 11.8 Å². The van der Waals surface area contributed by atoms with Crippen molar-refractivity contribution in [2.45, 2.75) is 62.9 Å². The highest BCUT2D eigenvalue weighted by Gasteiger charge is 2.69. The number of piperidine rings is 1. The summed E-state index contributed by atoms with van der Waals surface area (Å²) >= 11 is 0. The molecule has 0 spiro atoms. The summed E-state index contributed by atoms with van der Waals surface area (Å²) in [6, 6.07) is 7.49. The van der Waals surface area contributed by atoms with Gasteiger partial charge in [-0.2, -0.15) is 0 Å². The first-order valence-corrected chi connectivity index (χ1v) is 9.13. The molecule has 0 N–H and O–H groups in total. The molecular formula is C20H25NO2. The Morgan fingerprint density at radius 2 is 2.04 bits per heavy atom. The molecule has 3 aliphatic carbocycles. The summed E-state index contributed by atoms with van der Waals surface area (Å²) in [5.41, 5.74) is 3.16. The number of methoxy groups -OCH3 is 1. The fraction of sp³-hybridized carbons (Fsp3) is 0.650. The van der Waals surface area contributed by atoms with Gasteiger partial charge in [0.25, 0.3) is 0 Å². The van der Waals surface area contributed by atoms with E-state index in [2.05, 4.69) is 30.0 Å². The van der Waals surface area contributed by atoms with Gasteiger partial charge in [0.15, 0.2) is 0 Å². The molecule has 1 unspecified atom stereocenters. The van der Waals surface area contributed by atoms with Crippen LogP contribution in [0.3, 0.4) is 0 Å². The van der Waals surface area contributed by atoms with E-state index >= 15 is 0 Å². The number of fused-ring (bicyclic) bond motifs is 2. The highest BCUT2D eigenvalue weighted by Crippen LogP contribution is 2.64. The fourth-order valence-corrected chi connectivity index (χ4v) is 6.07. The monoisotopic (exact) mass is 311 g/mol. The smallest absolute Gasteiger partial charge is 0.226 e. The molecule has 1 amide bonds. The van der Waals surface area contributed by atoms with Gasteiger partial charge in [0.2, 0.25) is 5.91 Å². The van der Waals surface area contributed by atoms with E-state index in [1.165, 1.54) is 24.0 Å². The summed E-state index contributed by atoms with van der Waals surface area (Å²) in [5.74, 6) is 2.42. The zero-order valence-electron chi connectivity index (χ0n) is 14.0. The first kappa shape index (κ1) is 13.9. The van der Waals surface area contributed by atoms with Gasteiger partial charge in [-0.05, 0) is 48.9 Å². The van der Waals surface area contributed by atoms with Crippen LogP contribution in [0.5, 0.6) is 5.75 Å². The summed E-state index contributed by atoms with van der Waals surface area (Å²) in [7, 11) is 1.74. The average molecular weight is 311 g/mol. The summed E-state index contributed by atoms with van der Waals surface area (Å²) in [5, 5.41) is 0. The predicted molar refractivity (Wildman–Crippen MR) is 88.5 cm³/mol. The lowest BCUT2D eigenvalue weighted by atomic mass is 9.43. The lowest BCUT2D eigenvalue weighted by molar-refractivity contribution is -0.198. The molecule has 0 aromatic heterocycles. The Hall–Kier alpha value is -1.51. The Morgan fingerprint density at radius 3 is 2.78 bits per heavy atom. The highest BCUT2D eigenvalue weighted by atomic mass is 16.5. The van der Waals surface area contributed by atoms with Crippen LogP contribution in [0.1, 0.15) is 50.2 Å². The molecule has 1 aromatic rings. The summed E-state index contributed by atoms with van der Waals surface area (Å²) in [4.78, 5) is 15.2. The van der Waals surface area contributed by atoms with Crippen LogP contribution in [0, 0.1) is 11.8 Å². The molecule has 122 valence electrons. The first-order chi connectivity index (χ1) is 11.1. The van der Waals surface area contributed by atoms with E-state index in [1.54, 1.807) is 7.11 Å². The minimum absolute atomic E-state index is 0.254. The number of likely N-dealkylation sites (tertiary alicyclic amines) is 1. The number of nitrogens with zero attached hydrogens (tertiary/aromatic N) is 1. The van der Waals surface area contributed by atoms with E-state index in [0.29, 0.717) is 29.8 Å². The number of amides is 1. The SMILES string of the molecule is COc1ccc2c(c1)[C@]1(C)CC3[C@H]1[C@@H](C2)N3C(=O)C1CCCC1. The molecular weight excluding hydrogens is 286 g/mol. The molecule has 1 aromatic carbocycles. The Morgan fingerprint density at radius 1 is 1.26 bits per heavy atom. The number of carbonyl (C=O) groups is 1. The van der Waals surface area contributed by atoms with Crippen LogP contribution >= 0.6 is 0 Å². The van der Waals surface area contributed by atoms with Gasteiger partial charge in [-0.15, -0.1) is 0 Å². The third-order valence-corrected chi connectivity index (χ3v) is 7.23. The van der Waals surface area contributed by atoms with E-state index in [1.807, 2.05) is 0 Å². The third-order valence-electron chi connectivity index (χ3n) is 7.23. The summed E-state index contributed by atoms with van der Waals surface area (Å²) < 4.78 is 5.43. The van der Waals surface area contributed by atoms with Crippen LogP contribution in [0.2, 0.25) is 0 Å². The Labute approximate surface area is 138 Å². The van der Waals surface area contributed by atoms with Gasteiger partial charge in [-0.1, -0.05) is 25.8 Å². The van der Waals surface area contributed by atoms with E-state index < -0.39 is 0 Å². The van der Waals surface area contributed by atoms with Crippen LogP contribution in [-0.4, -0.2) is 30.0 Å². The van der Waals surface area contributed by atoms with Gasteiger partial charge in [0.05, 0.1) is 7.11 Å². The van der Waals surface area contributed by atoms with Gasteiger partial charge in [0.1, 0.15) is 5.75 Å². The van der Waals surface area contributed by atoms with Crippen molar-refractivity contribution in [3.63, 3.8) is 0 Å². The van der Waals surface area contributed by atoms with Crippen molar-refractivity contribution in [3.05, 3.63) is 29.3 Å². The minimum Gasteiger partial charge on any atom is -0.497 e. The molecule has 3 nitrogen and oxygen atoms in total. The maximum atomic E-state index is 12.9.